The van der Waals surface area contributed by atoms with E-state index in [1.54, 1.807) is 0 Å². The number of halogens is 3. The van der Waals surface area contributed by atoms with Crippen molar-refractivity contribution in [3.8, 4) is 0 Å². The Morgan fingerprint density at radius 2 is 1.73 bits per heavy atom. The Labute approximate surface area is 177 Å². The standard InChI is InChI=1S/C20H25F3N4O2S/c1-13-14(2)30-19(24-13)25-17(28)12-27(11-5-10-26(3)4)18(29)15-6-8-16(9-7-15)20(21,22)23/h6-9H,5,10-12H2,1-4H3,(H,24,25,28). The van der Waals surface area contributed by atoms with Crippen LogP contribution in [0.25, 0.3) is 0 Å². The second-order valence-corrected chi connectivity index (χ2v) is 8.37. The molecule has 30 heavy (non-hydrogen) atoms. The monoisotopic (exact) mass is 442 g/mol. The quantitative estimate of drug-likeness (QED) is 0.675. The molecular formula is C20H25F3N4O2S. The van der Waals surface area contributed by atoms with E-state index >= 15 is 0 Å². The fourth-order valence-corrected chi connectivity index (χ4v) is 3.50. The summed E-state index contributed by atoms with van der Waals surface area (Å²) in [5, 5.41) is 3.13. The Kier molecular flexibility index (Phi) is 7.96. The number of benzene rings is 1. The minimum Gasteiger partial charge on any atom is -0.329 e. The number of rotatable bonds is 8. The van der Waals surface area contributed by atoms with Crippen LogP contribution in [-0.4, -0.2) is 60.3 Å². The number of nitrogens with one attached hydrogen (secondary N) is 1. The van der Waals surface area contributed by atoms with E-state index in [1.165, 1.54) is 16.2 Å². The first kappa shape index (κ1) is 23.8. The molecule has 0 unspecified atom stereocenters. The highest BCUT2D eigenvalue weighted by Crippen LogP contribution is 2.29. The number of aromatic nitrogens is 1. The zero-order chi connectivity index (χ0) is 22.5. The molecule has 0 saturated heterocycles. The second kappa shape index (κ2) is 10.0. The van der Waals surface area contributed by atoms with E-state index in [1.807, 2.05) is 32.8 Å². The largest absolute Gasteiger partial charge is 0.416 e. The van der Waals surface area contributed by atoms with E-state index in [9.17, 15) is 22.8 Å². The number of carbonyl (C=O) groups is 2. The van der Waals surface area contributed by atoms with Gasteiger partial charge in [0.2, 0.25) is 5.91 Å². The summed E-state index contributed by atoms with van der Waals surface area (Å²) in [5.74, 6) is -0.905. The molecular weight excluding hydrogens is 417 g/mol. The van der Waals surface area contributed by atoms with E-state index in [0.29, 0.717) is 24.6 Å². The molecule has 1 aromatic carbocycles. The molecule has 0 saturated carbocycles. The molecule has 2 aromatic rings. The maximum atomic E-state index is 12.9. The van der Waals surface area contributed by atoms with Crippen molar-refractivity contribution in [3.05, 3.63) is 46.0 Å². The van der Waals surface area contributed by atoms with Gasteiger partial charge in [-0.05, 0) is 65.2 Å². The molecule has 1 heterocycles. The Balaban J connectivity index is 2.12. The van der Waals surface area contributed by atoms with E-state index in [-0.39, 0.29) is 12.1 Å². The van der Waals surface area contributed by atoms with Gasteiger partial charge in [-0.1, -0.05) is 0 Å². The molecule has 1 aromatic heterocycles. The van der Waals surface area contributed by atoms with Gasteiger partial charge in [-0.3, -0.25) is 9.59 Å². The molecule has 0 atom stereocenters. The third kappa shape index (κ3) is 6.81. The zero-order valence-corrected chi connectivity index (χ0v) is 18.2. The first-order valence-corrected chi connectivity index (χ1v) is 10.1. The summed E-state index contributed by atoms with van der Waals surface area (Å²) < 4.78 is 38.3. The van der Waals surface area contributed by atoms with Gasteiger partial charge < -0.3 is 15.1 Å². The van der Waals surface area contributed by atoms with Crippen molar-refractivity contribution in [2.45, 2.75) is 26.4 Å². The molecule has 10 heteroatoms. The van der Waals surface area contributed by atoms with Crippen LogP contribution < -0.4 is 5.32 Å². The molecule has 2 amide bonds. The van der Waals surface area contributed by atoms with Crippen LogP contribution >= 0.6 is 11.3 Å². The Morgan fingerprint density at radius 1 is 1.10 bits per heavy atom. The molecule has 164 valence electrons. The molecule has 0 bridgehead atoms. The van der Waals surface area contributed by atoms with Crippen molar-refractivity contribution in [2.24, 2.45) is 0 Å². The van der Waals surface area contributed by atoms with Crippen LogP contribution in [0.15, 0.2) is 24.3 Å². The summed E-state index contributed by atoms with van der Waals surface area (Å²) in [4.78, 5) is 33.8. The van der Waals surface area contributed by atoms with Crippen molar-refractivity contribution in [1.82, 2.24) is 14.8 Å². The molecule has 0 spiro atoms. The number of hydrogen-bond donors (Lipinski definition) is 1. The summed E-state index contributed by atoms with van der Waals surface area (Å²) in [5.41, 5.74) is 0.0889. The van der Waals surface area contributed by atoms with Crippen molar-refractivity contribution in [1.29, 1.82) is 0 Å². The van der Waals surface area contributed by atoms with Gasteiger partial charge in [-0.25, -0.2) is 4.98 Å². The van der Waals surface area contributed by atoms with Gasteiger partial charge in [0.1, 0.15) is 6.54 Å². The summed E-state index contributed by atoms with van der Waals surface area (Å²) in [6, 6.07) is 4.00. The third-order valence-corrected chi connectivity index (χ3v) is 5.38. The molecule has 0 aliphatic carbocycles. The molecule has 0 fully saturated rings. The Morgan fingerprint density at radius 3 is 2.23 bits per heavy atom. The topological polar surface area (TPSA) is 65.5 Å². The SMILES string of the molecule is Cc1nc(NC(=O)CN(CCCN(C)C)C(=O)c2ccc(C(F)(F)F)cc2)sc1C. The van der Waals surface area contributed by atoms with Gasteiger partial charge in [0, 0.05) is 17.0 Å². The highest BCUT2D eigenvalue weighted by Gasteiger charge is 2.30. The average molecular weight is 443 g/mol. The summed E-state index contributed by atoms with van der Waals surface area (Å²) in [6.07, 6.45) is -3.86. The van der Waals surface area contributed by atoms with E-state index in [2.05, 4.69) is 10.3 Å². The predicted octanol–water partition coefficient (Wildman–Crippen LogP) is 3.81. The Hall–Kier alpha value is -2.46. The number of anilines is 1. The first-order chi connectivity index (χ1) is 14.0. The van der Waals surface area contributed by atoms with Crippen LogP contribution in [0.3, 0.4) is 0 Å². The fourth-order valence-electron chi connectivity index (χ4n) is 2.67. The van der Waals surface area contributed by atoms with Crippen molar-refractivity contribution in [2.75, 3.05) is 39.0 Å². The number of alkyl halides is 3. The maximum absolute atomic E-state index is 12.9. The number of aryl methyl sites for hydroxylation is 2. The highest BCUT2D eigenvalue weighted by molar-refractivity contribution is 7.15. The summed E-state index contributed by atoms with van der Waals surface area (Å²) >= 11 is 1.34. The van der Waals surface area contributed by atoms with Crippen LogP contribution in [0.2, 0.25) is 0 Å². The number of thiazole rings is 1. The van der Waals surface area contributed by atoms with E-state index in [0.717, 1.165) is 34.8 Å². The lowest BCUT2D eigenvalue weighted by Crippen LogP contribution is -2.39. The lowest BCUT2D eigenvalue weighted by Gasteiger charge is -2.23. The third-order valence-electron chi connectivity index (χ3n) is 4.39. The van der Waals surface area contributed by atoms with Crippen molar-refractivity contribution in [3.63, 3.8) is 0 Å². The van der Waals surface area contributed by atoms with Crippen LogP contribution in [0.5, 0.6) is 0 Å². The molecule has 2 rings (SSSR count). The molecule has 6 nitrogen and oxygen atoms in total. The van der Waals surface area contributed by atoms with E-state index in [4.69, 9.17) is 0 Å². The lowest BCUT2D eigenvalue weighted by atomic mass is 10.1. The minimum absolute atomic E-state index is 0.0987. The summed E-state index contributed by atoms with van der Waals surface area (Å²) in [7, 11) is 3.78. The number of carbonyl (C=O) groups excluding carboxylic acids is 2. The van der Waals surface area contributed by atoms with Gasteiger partial charge in [0.05, 0.1) is 11.3 Å². The van der Waals surface area contributed by atoms with Crippen LogP contribution in [0.1, 0.15) is 32.9 Å². The molecule has 0 aliphatic rings. The van der Waals surface area contributed by atoms with Gasteiger partial charge in [-0.15, -0.1) is 11.3 Å². The summed E-state index contributed by atoms with van der Waals surface area (Å²) in [6.45, 7) is 4.50. The average Bonchev–Trinajstić information content (AvgIpc) is 2.96. The molecule has 0 radical (unpaired) electrons. The first-order valence-electron chi connectivity index (χ1n) is 9.32. The van der Waals surface area contributed by atoms with E-state index < -0.39 is 23.6 Å². The van der Waals surface area contributed by atoms with Crippen LogP contribution in [-0.2, 0) is 11.0 Å². The predicted molar refractivity (Wildman–Crippen MR) is 111 cm³/mol. The van der Waals surface area contributed by atoms with Gasteiger partial charge >= 0.3 is 6.18 Å². The number of hydrogen-bond acceptors (Lipinski definition) is 5. The number of nitrogens with zero attached hydrogens (tertiary/aromatic N) is 3. The van der Waals surface area contributed by atoms with Crippen molar-refractivity contribution < 1.29 is 22.8 Å². The zero-order valence-electron chi connectivity index (χ0n) is 17.3. The van der Waals surface area contributed by atoms with Crippen LogP contribution in [0.4, 0.5) is 18.3 Å². The van der Waals surface area contributed by atoms with Gasteiger partial charge in [0.15, 0.2) is 5.13 Å². The minimum atomic E-state index is -4.48. The Bertz CT molecular complexity index is 860. The van der Waals surface area contributed by atoms with Crippen molar-refractivity contribution >= 4 is 28.3 Å². The fraction of sp³-hybridized carbons (Fsp3) is 0.450. The lowest BCUT2D eigenvalue weighted by molar-refractivity contribution is -0.137. The normalized spacial score (nSPS) is 11.6. The van der Waals surface area contributed by atoms with Gasteiger partial charge in [-0.2, -0.15) is 13.2 Å². The molecule has 0 aliphatic heterocycles. The van der Waals surface area contributed by atoms with Gasteiger partial charge in [0.25, 0.3) is 5.91 Å². The second-order valence-electron chi connectivity index (χ2n) is 7.17. The number of amides is 2. The maximum Gasteiger partial charge on any atom is 0.416 e. The molecule has 1 N–H and O–H groups in total. The highest BCUT2D eigenvalue weighted by atomic mass is 32.1. The van der Waals surface area contributed by atoms with Crippen LogP contribution in [0, 0.1) is 13.8 Å². The smallest absolute Gasteiger partial charge is 0.329 e.